The molecule has 1 N–H and O–H groups in total. The van der Waals surface area contributed by atoms with Crippen molar-refractivity contribution in [3.8, 4) is 0 Å². The van der Waals surface area contributed by atoms with Gasteiger partial charge in [-0.25, -0.2) is 0 Å². The molecule has 0 aromatic carbocycles. The molecule has 2 rings (SSSR count). The number of amidine groups is 1. The van der Waals surface area contributed by atoms with E-state index in [0.717, 1.165) is 0 Å². The molecule has 0 bridgehead atoms. The van der Waals surface area contributed by atoms with E-state index >= 15 is 0 Å². The van der Waals surface area contributed by atoms with E-state index in [-0.39, 0.29) is 0 Å². The summed E-state index contributed by atoms with van der Waals surface area (Å²) in [5.74, 6) is 1.20. The summed E-state index contributed by atoms with van der Waals surface area (Å²) in [7, 11) is 0. The number of aliphatic imine (C=N–C) groups is 1. The van der Waals surface area contributed by atoms with Crippen molar-refractivity contribution < 1.29 is 0 Å². The lowest BCUT2D eigenvalue weighted by molar-refractivity contribution is 0.407. The van der Waals surface area contributed by atoms with Gasteiger partial charge in [0.1, 0.15) is 0 Å². The lowest BCUT2D eigenvalue weighted by atomic mass is 9.96. The molecule has 1 saturated carbocycles. The van der Waals surface area contributed by atoms with Gasteiger partial charge in [0.25, 0.3) is 0 Å². The summed E-state index contributed by atoms with van der Waals surface area (Å²) in [5.41, 5.74) is 0.346. The molecule has 0 aromatic heterocycles. The minimum absolute atomic E-state index is 0.346. The van der Waals surface area contributed by atoms with E-state index in [1.165, 1.54) is 36.6 Å². The smallest absolute Gasteiger partial charge is 0.157 e. The number of hydrogen-bond donors (Lipinski definition) is 1. The van der Waals surface area contributed by atoms with Crippen molar-refractivity contribution in [2.75, 3.05) is 5.75 Å². The number of hydrogen-bond acceptors (Lipinski definition) is 2. The zero-order valence-corrected chi connectivity index (χ0v) is 9.28. The van der Waals surface area contributed by atoms with Gasteiger partial charge in [0.2, 0.25) is 0 Å². The molecule has 3 heteroatoms. The highest BCUT2D eigenvalue weighted by molar-refractivity contribution is 8.14. The van der Waals surface area contributed by atoms with Crippen molar-refractivity contribution in [3.05, 3.63) is 0 Å². The fourth-order valence-electron chi connectivity index (χ4n) is 1.58. The van der Waals surface area contributed by atoms with Gasteiger partial charge in [-0.15, -0.1) is 0 Å². The predicted octanol–water partition coefficient (Wildman–Crippen LogP) is 2.40. The molecule has 1 saturated heterocycles. The minimum Gasteiger partial charge on any atom is -0.359 e. The summed E-state index contributed by atoms with van der Waals surface area (Å²) >= 11 is 1.91. The van der Waals surface area contributed by atoms with Gasteiger partial charge < -0.3 is 5.32 Å². The maximum Gasteiger partial charge on any atom is 0.157 e. The molecule has 1 heterocycles. The molecule has 0 atom stereocenters. The quantitative estimate of drug-likeness (QED) is 0.753. The molecule has 74 valence electrons. The average molecular weight is 198 g/mol. The molecule has 0 amide bonds. The van der Waals surface area contributed by atoms with Gasteiger partial charge >= 0.3 is 0 Å². The number of rotatable bonds is 3. The fourth-order valence-corrected chi connectivity index (χ4v) is 2.98. The molecule has 1 aliphatic heterocycles. The van der Waals surface area contributed by atoms with Crippen molar-refractivity contribution in [3.63, 3.8) is 0 Å². The highest BCUT2D eigenvalue weighted by Gasteiger charge is 2.34. The first-order valence-electron chi connectivity index (χ1n) is 5.27. The molecule has 2 aliphatic rings. The molecule has 2 fully saturated rings. The van der Waals surface area contributed by atoms with Crippen molar-refractivity contribution in [2.24, 2.45) is 4.99 Å². The van der Waals surface area contributed by atoms with Crippen LogP contribution in [0.1, 0.15) is 39.5 Å². The Morgan fingerprint density at radius 2 is 2.15 bits per heavy atom. The van der Waals surface area contributed by atoms with Crippen molar-refractivity contribution in [1.29, 1.82) is 0 Å². The Morgan fingerprint density at radius 1 is 1.46 bits per heavy atom. The van der Waals surface area contributed by atoms with Crippen LogP contribution in [-0.4, -0.2) is 22.5 Å². The van der Waals surface area contributed by atoms with Crippen LogP contribution in [-0.2, 0) is 0 Å². The number of thioether (sulfide) groups is 1. The largest absolute Gasteiger partial charge is 0.359 e. The van der Waals surface area contributed by atoms with Crippen molar-refractivity contribution in [1.82, 2.24) is 5.32 Å². The van der Waals surface area contributed by atoms with Crippen LogP contribution >= 0.6 is 11.8 Å². The third kappa shape index (κ3) is 2.01. The first-order chi connectivity index (χ1) is 6.28. The molecule has 0 aromatic rings. The SMILES string of the molecule is CCC1(CC)CSC(=NC2CC2)N1. The van der Waals surface area contributed by atoms with Gasteiger partial charge in [-0.1, -0.05) is 25.6 Å². The summed E-state index contributed by atoms with van der Waals surface area (Å²) in [5, 5.41) is 4.79. The first-order valence-corrected chi connectivity index (χ1v) is 6.25. The first kappa shape index (κ1) is 9.38. The Kier molecular flexibility index (Phi) is 2.54. The molecule has 0 spiro atoms. The third-order valence-electron chi connectivity index (χ3n) is 3.06. The van der Waals surface area contributed by atoms with E-state index in [4.69, 9.17) is 0 Å². The van der Waals surface area contributed by atoms with Gasteiger partial charge in [0.05, 0.1) is 6.04 Å². The monoisotopic (exact) mass is 198 g/mol. The van der Waals surface area contributed by atoms with E-state index in [0.29, 0.717) is 11.6 Å². The maximum atomic E-state index is 4.65. The Morgan fingerprint density at radius 3 is 2.62 bits per heavy atom. The average Bonchev–Trinajstić information content (AvgIpc) is 2.86. The van der Waals surface area contributed by atoms with E-state index in [2.05, 4.69) is 24.2 Å². The number of nitrogens with zero attached hydrogens (tertiary/aromatic N) is 1. The summed E-state index contributed by atoms with van der Waals surface area (Å²) in [4.78, 5) is 4.65. The highest BCUT2D eigenvalue weighted by Crippen LogP contribution is 2.31. The zero-order chi connectivity index (χ0) is 9.31. The second-order valence-electron chi connectivity index (χ2n) is 4.07. The van der Waals surface area contributed by atoms with E-state index in [1.54, 1.807) is 0 Å². The van der Waals surface area contributed by atoms with Crippen LogP contribution in [0.15, 0.2) is 4.99 Å². The van der Waals surface area contributed by atoms with Crippen LogP contribution in [0.5, 0.6) is 0 Å². The van der Waals surface area contributed by atoms with Gasteiger partial charge in [0, 0.05) is 11.3 Å². The Hall–Kier alpha value is -0.180. The second kappa shape index (κ2) is 3.52. The van der Waals surface area contributed by atoms with Gasteiger partial charge in [-0.05, 0) is 25.7 Å². The molecule has 2 nitrogen and oxygen atoms in total. The Bertz CT molecular complexity index is 217. The van der Waals surface area contributed by atoms with Crippen LogP contribution in [0.3, 0.4) is 0 Å². The van der Waals surface area contributed by atoms with E-state index in [9.17, 15) is 0 Å². The van der Waals surface area contributed by atoms with Crippen LogP contribution in [0.25, 0.3) is 0 Å². The van der Waals surface area contributed by atoms with Crippen molar-refractivity contribution in [2.45, 2.75) is 51.1 Å². The summed E-state index contributed by atoms with van der Waals surface area (Å²) < 4.78 is 0. The molecule has 1 aliphatic carbocycles. The highest BCUT2D eigenvalue weighted by atomic mass is 32.2. The van der Waals surface area contributed by atoms with Gasteiger partial charge in [-0.3, -0.25) is 4.99 Å². The lowest BCUT2D eigenvalue weighted by Crippen LogP contribution is -2.42. The van der Waals surface area contributed by atoms with Crippen LogP contribution in [0.2, 0.25) is 0 Å². The Balaban J connectivity index is 1.98. The topological polar surface area (TPSA) is 24.4 Å². The van der Waals surface area contributed by atoms with Crippen molar-refractivity contribution >= 4 is 16.9 Å². The fraction of sp³-hybridized carbons (Fsp3) is 0.900. The maximum absolute atomic E-state index is 4.65. The molecule has 0 radical (unpaired) electrons. The summed E-state index contributed by atoms with van der Waals surface area (Å²) in [6.45, 7) is 4.52. The minimum atomic E-state index is 0.346. The molecule has 0 unspecified atom stereocenters. The molecule has 13 heavy (non-hydrogen) atoms. The standard InChI is InChI=1S/C10H18N2S/c1-3-10(4-2)7-13-9(12-10)11-8-5-6-8/h8H,3-7H2,1-2H3,(H,11,12). The van der Waals surface area contributed by atoms with Gasteiger partial charge in [0.15, 0.2) is 5.17 Å². The lowest BCUT2D eigenvalue weighted by Gasteiger charge is -2.25. The molecular weight excluding hydrogens is 180 g/mol. The van der Waals surface area contributed by atoms with E-state index < -0.39 is 0 Å². The molecular formula is C10H18N2S. The van der Waals surface area contributed by atoms with Crippen LogP contribution in [0.4, 0.5) is 0 Å². The Labute approximate surface area is 84.6 Å². The summed E-state index contributed by atoms with van der Waals surface area (Å²) in [6.07, 6.45) is 5.02. The normalized spacial score (nSPS) is 29.2. The van der Waals surface area contributed by atoms with Crippen LogP contribution < -0.4 is 5.32 Å². The second-order valence-corrected chi connectivity index (χ2v) is 5.03. The predicted molar refractivity (Wildman–Crippen MR) is 59.4 cm³/mol. The van der Waals surface area contributed by atoms with E-state index in [1.807, 2.05) is 11.8 Å². The zero-order valence-electron chi connectivity index (χ0n) is 8.47. The third-order valence-corrected chi connectivity index (χ3v) is 4.24. The van der Waals surface area contributed by atoms with Gasteiger partial charge in [-0.2, -0.15) is 0 Å². The number of nitrogens with one attached hydrogen (secondary N) is 1. The van der Waals surface area contributed by atoms with Crippen LogP contribution in [0, 0.1) is 0 Å². The summed E-state index contributed by atoms with van der Waals surface area (Å²) in [6, 6.07) is 0.652.